The molecule has 1 saturated heterocycles. The number of nitrogen functional groups attached to an aromatic ring is 1. The van der Waals surface area contributed by atoms with Gasteiger partial charge in [-0.25, -0.2) is 4.98 Å². The van der Waals surface area contributed by atoms with Crippen LogP contribution in [0.15, 0.2) is 18.3 Å². The molecular weight excluding hydrogens is 190 g/mol. The summed E-state index contributed by atoms with van der Waals surface area (Å²) in [4.78, 5) is 6.30. The lowest BCUT2D eigenvalue weighted by Crippen LogP contribution is -2.41. The van der Waals surface area contributed by atoms with Gasteiger partial charge in [0, 0.05) is 6.54 Å². The normalized spacial score (nSPS) is 21.7. The van der Waals surface area contributed by atoms with Crippen LogP contribution in [0.1, 0.15) is 19.3 Å². The Kier molecular flexibility index (Phi) is 3.06. The Morgan fingerprint density at radius 2 is 2.33 bits per heavy atom. The maximum Gasteiger partial charge on any atom is 0.123 e. The summed E-state index contributed by atoms with van der Waals surface area (Å²) in [5.41, 5.74) is 6.60. The Morgan fingerprint density at radius 3 is 3.00 bits per heavy atom. The topological polar surface area (TPSA) is 62.4 Å². The standard InChI is InChI=1S/C11H17N3O/c12-11-5-4-9(7-13-11)14-6-2-1-3-10(14)8-15/h4-5,7,10,15H,1-3,6,8H2,(H2,12,13). The predicted octanol–water partition coefficient (Wildman–Crippen LogP) is 1.01. The van der Waals surface area contributed by atoms with Crippen LogP contribution in [0.5, 0.6) is 0 Å². The van der Waals surface area contributed by atoms with Crippen molar-refractivity contribution in [2.45, 2.75) is 25.3 Å². The van der Waals surface area contributed by atoms with E-state index in [9.17, 15) is 5.11 Å². The Labute approximate surface area is 89.7 Å². The average Bonchev–Trinajstić information content (AvgIpc) is 2.30. The summed E-state index contributed by atoms with van der Waals surface area (Å²) in [6.07, 6.45) is 5.22. The van der Waals surface area contributed by atoms with Crippen molar-refractivity contribution in [2.75, 3.05) is 23.8 Å². The lowest BCUT2D eigenvalue weighted by atomic mass is 10.0. The van der Waals surface area contributed by atoms with Gasteiger partial charge in [0.2, 0.25) is 0 Å². The minimum atomic E-state index is 0.213. The van der Waals surface area contributed by atoms with Gasteiger partial charge in [0.15, 0.2) is 0 Å². The molecule has 0 saturated carbocycles. The van der Waals surface area contributed by atoms with Crippen LogP contribution in [0.25, 0.3) is 0 Å². The van der Waals surface area contributed by atoms with Gasteiger partial charge in [-0.15, -0.1) is 0 Å². The van der Waals surface area contributed by atoms with E-state index in [-0.39, 0.29) is 12.6 Å². The van der Waals surface area contributed by atoms with Gasteiger partial charge in [0.1, 0.15) is 5.82 Å². The summed E-state index contributed by atoms with van der Waals surface area (Å²) in [5.74, 6) is 0.538. The third-order valence-corrected chi connectivity index (χ3v) is 2.94. The third kappa shape index (κ3) is 2.21. The number of anilines is 2. The van der Waals surface area contributed by atoms with Crippen LogP contribution in [0, 0.1) is 0 Å². The van der Waals surface area contributed by atoms with Crippen molar-refractivity contribution >= 4 is 11.5 Å². The summed E-state index contributed by atoms with van der Waals surface area (Å²) in [5, 5.41) is 9.29. The number of hydrogen-bond donors (Lipinski definition) is 2. The minimum absolute atomic E-state index is 0.213. The van der Waals surface area contributed by atoms with Gasteiger partial charge in [-0.3, -0.25) is 0 Å². The van der Waals surface area contributed by atoms with E-state index in [4.69, 9.17) is 5.73 Å². The zero-order valence-electron chi connectivity index (χ0n) is 8.76. The molecule has 1 fully saturated rings. The number of aliphatic hydroxyl groups is 1. The first-order valence-corrected chi connectivity index (χ1v) is 5.40. The van der Waals surface area contributed by atoms with E-state index in [2.05, 4.69) is 9.88 Å². The molecule has 1 unspecified atom stereocenters. The monoisotopic (exact) mass is 207 g/mol. The van der Waals surface area contributed by atoms with Crippen LogP contribution in [0.4, 0.5) is 11.5 Å². The first-order chi connectivity index (χ1) is 7.31. The summed E-state index contributed by atoms with van der Waals surface area (Å²) < 4.78 is 0. The SMILES string of the molecule is Nc1ccc(N2CCCCC2CO)cn1. The molecule has 2 rings (SSSR count). The minimum Gasteiger partial charge on any atom is -0.394 e. The molecule has 15 heavy (non-hydrogen) atoms. The molecule has 4 heteroatoms. The molecule has 3 N–H and O–H groups in total. The van der Waals surface area contributed by atoms with Crippen LogP contribution in [-0.2, 0) is 0 Å². The zero-order valence-corrected chi connectivity index (χ0v) is 8.76. The number of nitrogens with zero attached hydrogens (tertiary/aromatic N) is 2. The van der Waals surface area contributed by atoms with Crippen molar-refractivity contribution in [1.29, 1.82) is 0 Å². The second-order valence-electron chi connectivity index (χ2n) is 3.97. The highest BCUT2D eigenvalue weighted by Gasteiger charge is 2.21. The van der Waals surface area contributed by atoms with Crippen molar-refractivity contribution in [2.24, 2.45) is 0 Å². The van der Waals surface area contributed by atoms with E-state index in [1.807, 2.05) is 6.07 Å². The molecule has 0 radical (unpaired) electrons. The van der Waals surface area contributed by atoms with Crippen molar-refractivity contribution in [1.82, 2.24) is 4.98 Å². The molecule has 1 atom stereocenters. The van der Waals surface area contributed by atoms with Gasteiger partial charge < -0.3 is 15.7 Å². The lowest BCUT2D eigenvalue weighted by Gasteiger charge is -2.36. The molecule has 82 valence electrons. The summed E-state index contributed by atoms with van der Waals surface area (Å²) >= 11 is 0. The molecule has 0 amide bonds. The van der Waals surface area contributed by atoms with Crippen molar-refractivity contribution in [3.8, 4) is 0 Å². The van der Waals surface area contributed by atoms with E-state index in [1.165, 1.54) is 12.8 Å². The average molecular weight is 207 g/mol. The van der Waals surface area contributed by atoms with E-state index in [0.717, 1.165) is 18.7 Å². The molecular formula is C11H17N3O. The zero-order chi connectivity index (χ0) is 10.7. The number of aromatic nitrogens is 1. The highest BCUT2D eigenvalue weighted by atomic mass is 16.3. The number of hydrogen-bond acceptors (Lipinski definition) is 4. The number of nitrogens with two attached hydrogens (primary N) is 1. The lowest BCUT2D eigenvalue weighted by molar-refractivity contribution is 0.240. The van der Waals surface area contributed by atoms with Crippen LogP contribution in [0.2, 0.25) is 0 Å². The van der Waals surface area contributed by atoms with Crippen LogP contribution in [-0.4, -0.2) is 29.3 Å². The molecule has 1 aliphatic rings. The number of piperidine rings is 1. The Hall–Kier alpha value is -1.29. The molecule has 0 bridgehead atoms. The quantitative estimate of drug-likeness (QED) is 0.760. The third-order valence-electron chi connectivity index (χ3n) is 2.94. The first-order valence-electron chi connectivity index (χ1n) is 5.40. The second-order valence-corrected chi connectivity index (χ2v) is 3.97. The smallest absolute Gasteiger partial charge is 0.123 e. The van der Waals surface area contributed by atoms with E-state index in [1.54, 1.807) is 12.3 Å². The van der Waals surface area contributed by atoms with Gasteiger partial charge in [-0.05, 0) is 31.4 Å². The fourth-order valence-electron chi connectivity index (χ4n) is 2.10. The van der Waals surface area contributed by atoms with Gasteiger partial charge in [0.25, 0.3) is 0 Å². The molecule has 2 heterocycles. The second kappa shape index (κ2) is 4.49. The summed E-state index contributed by atoms with van der Waals surface area (Å²) in [7, 11) is 0. The highest BCUT2D eigenvalue weighted by Crippen LogP contribution is 2.24. The van der Waals surface area contributed by atoms with Crippen molar-refractivity contribution in [3.05, 3.63) is 18.3 Å². The maximum atomic E-state index is 9.29. The Morgan fingerprint density at radius 1 is 1.47 bits per heavy atom. The Bertz CT molecular complexity index is 312. The first kappa shape index (κ1) is 10.2. The van der Waals surface area contributed by atoms with Crippen LogP contribution in [0.3, 0.4) is 0 Å². The molecule has 1 aliphatic heterocycles. The highest BCUT2D eigenvalue weighted by molar-refractivity contribution is 5.49. The van der Waals surface area contributed by atoms with Crippen molar-refractivity contribution < 1.29 is 5.11 Å². The maximum absolute atomic E-state index is 9.29. The predicted molar refractivity (Wildman–Crippen MR) is 60.7 cm³/mol. The van der Waals surface area contributed by atoms with E-state index in [0.29, 0.717) is 5.82 Å². The van der Waals surface area contributed by atoms with Gasteiger partial charge >= 0.3 is 0 Å². The van der Waals surface area contributed by atoms with Crippen LogP contribution < -0.4 is 10.6 Å². The summed E-state index contributed by atoms with van der Waals surface area (Å²) in [6.45, 7) is 1.21. The fraction of sp³-hybridized carbons (Fsp3) is 0.545. The van der Waals surface area contributed by atoms with Gasteiger partial charge in [-0.1, -0.05) is 0 Å². The molecule has 1 aromatic rings. The number of rotatable bonds is 2. The molecule has 0 aromatic carbocycles. The molecule has 0 spiro atoms. The molecule has 4 nitrogen and oxygen atoms in total. The van der Waals surface area contributed by atoms with Crippen LogP contribution >= 0.6 is 0 Å². The molecule has 0 aliphatic carbocycles. The molecule has 1 aromatic heterocycles. The number of aliphatic hydroxyl groups excluding tert-OH is 1. The largest absolute Gasteiger partial charge is 0.394 e. The van der Waals surface area contributed by atoms with E-state index < -0.39 is 0 Å². The fourth-order valence-corrected chi connectivity index (χ4v) is 2.10. The van der Waals surface area contributed by atoms with Gasteiger partial charge in [-0.2, -0.15) is 0 Å². The van der Waals surface area contributed by atoms with Crippen molar-refractivity contribution in [3.63, 3.8) is 0 Å². The number of pyridine rings is 1. The summed E-state index contributed by atoms with van der Waals surface area (Å²) in [6, 6.07) is 4.01. The Balaban J connectivity index is 2.16. The van der Waals surface area contributed by atoms with E-state index >= 15 is 0 Å². The van der Waals surface area contributed by atoms with Gasteiger partial charge in [0.05, 0.1) is 24.5 Å².